The molecule has 0 aromatic carbocycles. The van der Waals surface area contributed by atoms with Gasteiger partial charge >= 0.3 is 0 Å². The molecule has 1 unspecified atom stereocenters. The second-order valence-electron chi connectivity index (χ2n) is 8.41. The molecule has 0 radical (unpaired) electrons. The normalized spacial score (nSPS) is 21.4. The number of nitrogens with zero attached hydrogens (tertiary/aromatic N) is 3. The smallest absolute Gasteiger partial charge is 0.281 e. The van der Waals surface area contributed by atoms with E-state index >= 15 is 0 Å². The van der Waals surface area contributed by atoms with Crippen molar-refractivity contribution < 1.29 is 14.1 Å². The third-order valence-corrected chi connectivity index (χ3v) is 10.1. The van der Waals surface area contributed by atoms with Crippen LogP contribution in [0.4, 0.5) is 5.69 Å². The summed E-state index contributed by atoms with van der Waals surface area (Å²) in [5.41, 5.74) is 0.666. The van der Waals surface area contributed by atoms with Gasteiger partial charge in [0.1, 0.15) is 11.9 Å². The lowest BCUT2D eigenvalue weighted by Crippen LogP contribution is -2.42. The van der Waals surface area contributed by atoms with E-state index < -0.39 is 8.32 Å². The van der Waals surface area contributed by atoms with Crippen LogP contribution < -0.4 is 0 Å². The van der Waals surface area contributed by atoms with Crippen LogP contribution in [0.1, 0.15) is 39.8 Å². The van der Waals surface area contributed by atoms with Crippen molar-refractivity contribution in [1.29, 1.82) is 0 Å². The number of fused-ring (bicyclic) bond motifs is 1. The fraction of sp³-hybridized carbons (Fsp3) is 0.611. The number of rotatable bonds is 5. The Hall–Kier alpha value is -1.77. The summed E-state index contributed by atoms with van der Waals surface area (Å²) in [5, 5.41) is 11.9. The molecular weight excluding hydrogens is 350 g/mol. The topological polar surface area (TPSA) is 79.4 Å². The van der Waals surface area contributed by atoms with E-state index in [0.29, 0.717) is 17.6 Å². The number of aromatic nitrogens is 2. The zero-order valence-corrected chi connectivity index (χ0v) is 17.1. The molecule has 1 aliphatic rings. The highest BCUT2D eigenvalue weighted by molar-refractivity contribution is 6.74. The second-order valence-corrected chi connectivity index (χ2v) is 13.2. The number of hydrogen-bond acceptors (Lipinski definition) is 5. The van der Waals surface area contributed by atoms with E-state index in [-0.39, 0.29) is 28.0 Å². The van der Waals surface area contributed by atoms with Gasteiger partial charge in [-0.3, -0.25) is 10.1 Å². The average molecular weight is 378 g/mol. The molecule has 3 rings (SSSR count). The van der Waals surface area contributed by atoms with E-state index in [9.17, 15) is 10.1 Å². The van der Waals surface area contributed by atoms with Crippen LogP contribution in [0.5, 0.6) is 0 Å². The van der Waals surface area contributed by atoms with Crippen LogP contribution >= 0.6 is 0 Å². The van der Waals surface area contributed by atoms with Gasteiger partial charge in [0.2, 0.25) is 0 Å². The van der Waals surface area contributed by atoms with Gasteiger partial charge in [-0.15, -0.1) is 0 Å². The van der Waals surface area contributed by atoms with Crippen molar-refractivity contribution in [3.05, 3.63) is 34.6 Å². The maximum atomic E-state index is 11.2. The van der Waals surface area contributed by atoms with E-state index in [2.05, 4.69) is 38.8 Å². The molecule has 0 spiro atoms. The highest BCUT2D eigenvalue weighted by Gasteiger charge is 2.38. The van der Waals surface area contributed by atoms with Gasteiger partial charge in [0.15, 0.2) is 8.32 Å². The van der Waals surface area contributed by atoms with E-state index in [1.165, 1.54) is 12.3 Å². The molecule has 1 aliphatic heterocycles. The Labute approximate surface area is 154 Å². The van der Waals surface area contributed by atoms with Crippen LogP contribution in [-0.2, 0) is 9.16 Å². The maximum absolute atomic E-state index is 11.2. The predicted molar refractivity (Wildman–Crippen MR) is 103 cm³/mol. The first kappa shape index (κ1) is 19.0. The first-order valence-corrected chi connectivity index (χ1v) is 11.9. The van der Waals surface area contributed by atoms with Gasteiger partial charge in [0.25, 0.3) is 5.69 Å². The van der Waals surface area contributed by atoms with Crippen molar-refractivity contribution >= 4 is 25.0 Å². The molecule has 2 atom stereocenters. The van der Waals surface area contributed by atoms with Crippen molar-refractivity contribution in [2.75, 3.05) is 6.61 Å². The molecule has 0 saturated carbocycles. The molecule has 7 nitrogen and oxygen atoms in total. The fourth-order valence-electron chi connectivity index (χ4n) is 2.97. The van der Waals surface area contributed by atoms with Gasteiger partial charge in [-0.05, 0) is 37.0 Å². The van der Waals surface area contributed by atoms with E-state index in [1.807, 2.05) is 10.8 Å². The van der Waals surface area contributed by atoms with Gasteiger partial charge in [-0.25, -0.2) is 4.98 Å². The molecule has 3 heterocycles. The molecule has 0 amide bonds. The van der Waals surface area contributed by atoms with Crippen LogP contribution in [0.15, 0.2) is 24.5 Å². The summed E-state index contributed by atoms with van der Waals surface area (Å²) in [5.74, 6) is 0. The Bertz CT molecular complexity index is 812. The highest BCUT2D eigenvalue weighted by atomic mass is 28.4. The minimum absolute atomic E-state index is 0.0465. The van der Waals surface area contributed by atoms with Gasteiger partial charge in [0, 0.05) is 18.5 Å². The molecule has 2 aromatic heterocycles. The van der Waals surface area contributed by atoms with Crippen molar-refractivity contribution in [1.82, 2.24) is 9.55 Å². The zero-order chi connectivity index (χ0) is 19.1. The molecule has 8 heteroatoms. The summed E-state index contributed by atoms with van der Waals surface area (Å²) in [6.45, 7) is 11.7. The predicted octanol–water partition coefficient (Wildman–Crippen LogP) is 4.64. The van der Waals surface area contributed by atoms with Crippen LogP contribution in [-0.4, -0.2) is 35.5 Å². The number of pyridine rings is 1. The van der Waals surface area contributed by atoms with Crippen molar-refractivity contribution in [3.8, 4) is 0 Å². The Morgan fingerprint density at radius 1 is 1.38 bits per heavy atom. The molecule has 0 bridgehead atoms. The number of hydrogen-bond donors (Lipinski definition) is 0. The Morgan fingerprint density at radius 3 is 2.77 bits per heavy atom. The molecule has 0 aliphatic carbocycles. The Kier molecular flexibility index (Phi) is 4.93. The monoisotopic (exact) mass is 377 g/mol. The minimum atomic E-state index is -1.80. The number of nitro groups is 1. The minimum Gasteiger partial charge on any atom is -0.414 e. The molecule has 142 valence electrons. The SMILES string of the molecule is CC(C)(C)[Si](C)(C)OC[C@@H]1CCC(n2ccc3c([N+](=O)[O-])ccnc32)O1. The van der Waals surface area contributed by atoms with Crippen LogP contribution in [0.3, 0.4) is 0 Å². The Balaban J connectivity index is 1.71. The summed E-state index contributed by atoms with van der Waals surface area (Å²) >= 11 is 0. The number of ether oxygens (including phenoxy) is 1. The van der Waals surface area contributed by atoms with Gasteiger partial charge in [-0.2, -0.15) is 0 Å². The van der Waals surface area contributed by atoms with Crippen LogP contribution in [0.2, 0.25) is 18.1 Å². The lowest BCUT2D eigenvalue weighted by molar-refractivity contribution is -0.383. The van der Waals surface area contributed by atoms with E-state index in [1.54, 1.807) is 6.07 Å². The van der Waals surface area contributed by atoms with E-state index in [0.717, 1.165) is 12.8 Å². The third-order valence-electron chi connectivity index (χ3n) is 5.62. The molecule has 1 saturated heterocycles. The lowest BCUT2D eigenvalue weighted by atomic mass is 10.2. The standard InChI is InChI=1S/C18H27N3O4Si/c1-18(2,3)26(4,5)24-12-13-6-7-16(25-13)20-11-9-14-15(21(22)23)8-10-19-17(14)20/h8-11,13,16H,6-7,12H2,1-5H3/t13-,16?/m0/s1. The van der Waals surface area contributed by atoms with Crippen molar-refractivity contribution in [2.24, 2.45) is 0 Å². The van der Waals surface area contributed by atoms with Gasteiger partial charge in [0.05, 0.1) is 23.0 Å². The second kappa shape index (κ2) is 6.75. The zero-order valence-electron chi connectivity index (χ0n) is 16.1. The average Bonchev–Trinajstić information content (AvgIpc) is 3.17. The van der Waals surface area contributed by atoms with Crippen LogP contribution in [0.25, 0.3) is 11.0 Å². The fourth-order valence-corrected chi connectivity index (χ4v) is 4.00. The van der Waals surface area contributed by atoms with Crippen molar-refractivity contribution in [2.45, 2.75) is 64.1 Å². The van der Waals surface area contributed by atoms with Crippen LogP contribution in [0, 0.1) is 10.1 Å². The molecule has 26 heavy (non-hydrogen) atoms. The van der Waals surface area contributed by atoms with Gasteiger partial charge in [-0.1, -0.05) is 20.8 Å². The molecule has 1 fully saturated rings. The van der Waals surface area contributed by atoms with Crippen molar-refractivity contribution in [3.63, 3.8) is 0 Å². The molecular formula is C18H27N3O4Si. The summed E-state index contributed by atoms with van der Waals surface area (Å²) in [4.78, 5) is 15.1. The quantitative estimate of drug-likeness (QED) is 0.431. The summed E-state index contributed by atoms with van der Waals surface area (Å²) < 4.78 is 14.4. The summed E-state index contributed by atoms with van der Waals surface area (Å²) in [6, 6.07) is 3.17. The maximum Gasteiger partial charge on any atom is 0.281 e. The summed E-state index contributed by atoms with van der Waals surface area (Å²) in [6.07, 6.45) is 4.95. The highest BCUT2D eigenvalue weighted by Crippen LogP contribution is 2.38. The first-order valence-electron chi connectivity index (χ1n) is 8.99. The molecule has 2 aromatic rings. The molecule has 0 N–H and O–H groups in total. The largest absolute Gasteiger partial charge is 0.414 e. The van der Waals surface area contributed by atoms with Gasteiger partial charge < -0.3 is 13.7 Å². The van der Waals surface area contributed by atoms with E-state index in [4.69, 9.17) is 9.16 Å². The Morgan fingerprint density at radius 2 is 2.12 bits per heavy atom. The lowest BCUT2D eigenvalue weighted by Gasteiger charge is -2.36. The summed E-state index contributed by atoms with van der Waals surface area (Å²) in [7, 11) is -1.80. The third kappa shape index (κ3) is 3.53. The first-order chi connectivity index (χ1) is 12.1.